The van der Waals surface area contributed by atoms with E-state index in [-0.39, 0.29) is 17.7 Å². The van der Waals surface area contributed by atoms with Crippen LogP contribution in [0.4, 0.5) is 0 Å². The van der Waals surface area contributed by atoms with E-state index in [1.165, 1.54) is 0 Å². The molecule has 6 nitrogen and oxygen atoms in total. The highest BCUT2D eigenvalue weighted by Gasteiger charge is 2.35. The predicted octanol–water partition coefficient (Wildman–Crippen LogP) is 0.679. The molecular formula is C18H34N4O2. The van der Waals surface area contributed by atoms with Gasteiger partial charge in [0.05, 0.1) is 0 Å². The smallest absolute Gasteiger partial charge is 0.245 e. The fourth-order valence-corrected chi connectivity index (χ4v) is 3.60. The molecule has 2 unspecified atom stereocenters. The third-order valence-electron chi connectivity index (χ3n) is 4.99. The molecule has 2 rings (SSSR count). The number of rotatable bonds is 6. The molecule has 0 radical (unpaired) electrons. The zero-order chi connectivity index (χ0) is 17.7. The number of hydrogen-bond acceptors (Lipinski definition) is 4. The van der Waals surface area contributed by atoms with E-state index in [1.807, 2.05) is 32.6 Å². The van der Waals surface area contributed by atoms with Crippen LogP contribution in [0.1, 0.15) is 40.5 Å². The van der Waals surface area contributed by atoms with Gasteiger partial charge in [0.1, 0.15) is 6.04 Å². The molecular weight excluding hydrogens is 304 g/mol. The molecule has 2 aliphatic heterocycles. The lowest BCUT2D eigenvalue weighted by Crippen LogP contribution is -2.52. The predicted molar refractivity (Wildman–Crippen MR) is 95.7 cm³/mol. The molecule has 2 N–H and O–H groups in total. The van der Waals surface area contributed by atoms with Gasteiger partial charge in [-0.2, -0.15) is 0 Å². The molecule has 0 aromatic rings. The summed E-state index contributed by atoms with van der Waals surface area (Å²) in [6.07, 6.45) is 1.51. The lowest BCUT2D eigenvalue weighted by atomic mass is 10.0. The van der Waals surface area contributed by atoms with Crippen molar-refractivity contribution in [1.82, 2.24) is 20.4 Å². The van der Waals surface area contributed by atoms with E-state index in [4.69, 9.17) is 0 Å². The van der Waals surface area contributed by atoms with Crippen molar-refractivity contribution >= 4 is 11.8 Å². The Morgan fingerprint density at radius 2 is 1.79 bits per heavy atom. The number of carbonyl (C=O) groups is 2. The monoisotopic (exact) mass is 338 g/mol. The van der Waals surface area contributed by atoms with Crippen LogP contribution >= 0.6 is 0 Å². The van der Waals surface area contributed by atoms with E-state index in [0.29, 0.717) is 18.4 Å². The summed E-state index contributed by atoms with van der Waals surface area (Å²) in [5.74, 6) is 0.471. The summed E-state index contributed by atoms with van der Waals surface area (Å²) in [5, 5.41) is 6.34. The molecule has 24 heavy (non-hydrogen) atoms. The summed E-state index contributed by atoms with van der Waals surface area (Å²) in [6.45, 7) is 13.8. The Bertz CT molecular complexity index is 433. The van der Waals surface area contributed by atoms with Crippen LogP contribution in [0.15, 0.2) is 0 Å². The third-order valence-corrected chi connectivity index (χ3v) is 4.99. The molecule has 2 fully saturated rings. The topological polar surface area (TPSA) is 64.7 Å². The normalized spacial score (nSPS) is 23.8. The average Bonchev–Trinajstić information content (AvgIpc) is 3.02. The minimum Gasteiger partial charge on any atom is -0.344 e. The van der Waals surface area contributed by atoms with Crippen molar-refractivity contribution in [2.24, 2.45) is 11.8 Å². The second kappa shape index (κ2) is 8.81. The highest BCUT2D eigenvalue weighted by molar-refractivity contribution is 5.88. The van der Waals surface area contributed by atoms with Crippen molar-refractivity contribution in [3.8, 4) is 0 Å². The Labute approximate surface area is 146 Å². The van der Waals surface area contributed by atoms with Crippen LogP contribution in [-0.4, -0.2) is 73.0 Å². The Balaban J connectivity index is 1.91. The van der Waals surface area contributed by atoms with E-state index in [2.05, 4.69) is 15.5 Å². The summed E-state index contributed by atoms with van der Waals surface area (Å²) in [7, 11) is 0. The molecule has 0 aromatic carbocycles. The fraction of sp³-hybridized carbons (Fsp3) is 0.889. The quantitative estimate of drug-likeness (QED) is 0.747. The summed E-state index contributed by atoms with van der Waals surface area (Å²) >= 11 is 0. The van der Waals surface area contributed by atoms with Crippen LogP contribution in [0.3, 0.4) is 0 Å². The summed E-state index contributed by atoms with van der Waals surface area (Å²) in [6, 6.07) is 0.0632. The van der Waals surface area contributed by atoms with Crippen molar-refractivity contribution in [1.29, 1.82) is 0 Å². The number of carbonyl (C=O) groups excluding carboxylic acids is 2. The van der Waals surface area contributed by atoms with Crippen molar-refractivity contribution < 1.29 is 9.59 Å². The highest BCUT2D eigenvalue weighted by atomic mass is 16.2. The van der Waals surface area contributed by atoms with Crippen molar-refractivity contribution in [2.75, 3.05) is 39.3 Å². The first-order chi connectivity index (χ1) is 11.4. The van der Waals surface area contributed by atoms with Crippen molar-refractivity contribution in [3.63, 3.8) is 0 Å². The summed E-state index contributed by atoms with van der Waals surface area (Å²) < 4.78 is 0. The molecule has 2 atom stereocenters. The molecule has 2 heterocycles. The first-order valence-electron chi connectivity index (χ1n) is 9.41. The maximum absolute atomic E-state index is 12.9. The molecule has 2 saturated heterocycles. The van der Waals surface area contributed by atoms with Crippen LogP contribution < -0.4 is 10.6 Å². The zero-order valence-electron chi connectivity index (χ0n) is 15.7. The van der Waals surface area contributed by atoms with Gasteiger partial charge in [-0.15, -0.1) is 0 Å². The van der Waals surface area contributed by atoms with Gasteiger partial charge in [-0.05, 0) is 18.3 Å². The Morgan fingerprint density at radius 1 is 1.12 bits per heavy atom. The molecule has 2 aliphatic rings. The Morgan fingerprint density at radius 3 is 2.38 bits per heavy atom. The van der Waals surface area contributed by atoms with Gasteiger partial charge in [-0.1, -0.05) is 27.7 Å². The summed E-state index contributed by atoms with van der Waals surface area (Å²) in [4.78, 5) is 29.5. The van der Waals surface area contributed by atoms with Gasteiger partial charge in [0, 0.05) is 51.7 Å². The molecule has 0 bridgehead atoms. The number of likely N-dealkylation sites (tertiary alicyclic amines) is 1. The van der Waals surface area contributed by atoms with Crippen molar-refractivity contribution in [2.45, 2.75) is 52.6 Å². The molecule has 0 saturated carbocycles. The molecule has 0 aliphatic carbocycles. The first-order valence-corrected chi connectivity index (χ1v) is 9.41. The fourth-order valence-electron chi connectivity index (χ4n) is 3.60. The minimum absolute atomic E-state index is 0.0186. The van der Waals surface area contributed by atoms with Crippen molar-refractivity contribution in [3.05, 3.63) is 0 Å². The number of amides is 2. The highest BCUT2D eigenvalue weighted by Crippen LogP contribution is 2.19. The lowest BCUT2D eigenvalue weighted by Gasteiger charge is -2.33. The first kappa shape index (κ1) is 19.2. The van der Waals surface area contributed by atoms with Crippen LogP contribution in [0.25, 0.3) is 0 Å². The molecule has 2 amide bonds. The van der Waals surface area contributed by atoms with Crippen LogP contribution in [0.5, 0.6) is 0 Å². The average molecular weight is 338 g/mol. The van der Waals surface area contributed by atoms with Gasteiger partial charge in [-0.25, -0.2) is 0 Å². The van der Waals surface area contributed by atoms with E-state index < -0.39 is 6.04 Å². The summed E-state index contributed by atoms with van der Waals surface area (Å²) in [5.41, 5.74) is 0. The second-order valence-corrected chi connectivity index (χ2v) is 7.90. The SMILES string of the molecule is CC(C)CC(=O)NC(C(=O)N1CCC(N2CCNCC2)C1)C(C)C. The molecule has 138 valence electrons. The molecule has 6 heteroatoms. The number of hydrogen-bond donors (Lipinski definition) is 2. The molecule has 0 aromatic heterocycles. The maximum Gasteiger partial charge on any atom is 0.245 e. The maximum atomic E-state index is 12.9. The number of nitrogens with zero attached hydrogens (tertiary/aromatic N) is 2. The van der Waals surface area contributed by atoms with Gasteiger partial charge in [0.2, 0.25) is 11.8 Å². The van der Waals surface area contributed by atoms with Crippen LogP contribution in [0.2, 0.25) is 0 Å². The molecule has 0 spiro atoms. The zero-order valence-corrected chi connectivity index (χ0v) is 15.7. The lowest BCUT2D eigenvalue weighted by molar-refractivity contribution is -0.137. The Kier molecular flexibility index (Phi) is 7.04. The Hall–Kier alpha value is -1.14. The van der Waals surface area contributed by atoms with Gasteiger partial charge in [0.25, 0.3) is 0 Å². The van der Waals surface area contributed by atoms with Crippen LogP contribution in [0, 0.1) is 11.8 Å². The minimum atomic E-state index is -0.405. The van der Waals surface area contributed by atoms with E-state index >= 15 is 0 Å². The van der Waals surface area contributed by atoms with Gasteiger partial charge in [0.15, 0.2) is 0 Å². The van der Waals surface area contributed by atoms with Gasteiger partial charge >= 0.3 is 0 Å². The van der Waals surface area contributed by atoms with E-state index in [0.717, 1.165) is 45.7 Å². The standard InChI is InChI=1S/C18H34N4O2/c1-13(2)11-16(23)20-17(14(3)4)18(24)22-8-5-15(12-22)21-9-6-19-7-10-21/h13-15,17,19H,5-12H2,1-4H3,(H,20,23). The third kappa shape index (κ3) is 5.18. The van der Waals surface area contributed by atoms with Gasteiger partial charge < -0.3 is 15.5 Å². The number of nitrogens with one attached hydrogen (secondary N) is 2. The van der Waals surface area contributed by atoms with E-state index in [1.54, 1.807) is 0 Å². The van der Waals surface area contributed by atoms with E-state index in [9.17, 15) is 9.59 Å². The van der Waals surface area contributed by atoms with Crippen LogP contribution in [-0.2, 0) is 9.59 Å². The van der Waals surface area contributed by atoms with Gasteiger partial charge in [-0.3, -0.25) is 14.5 Å². The second-order valence-electron chi connectivity index (χ2n) is 7.90. The largest absolute Gasteiger partial charge is 0.344 e. The number of piperazine rings is 1.